The quantitative estimate of drug-likeness (QED) is 0.499. The highest BCUT2D eigenvalue weighted by Gasteiger charge is 2.17. The van der Waals surface area contributed by atoms with Crippen LogP contribution in [-0.2, 0) is 0 Å². The van der Waals surface area contributed by atoms with Gasteiger partial charge in [0.2, 0.25) is 10.5 Å². The zero-order valence-electron chi connectivity index (χ0n) is 15.0. The van der Waals surface area contributed by atoms with Crippen LogP contribution in [0.25, 0.3) is 11.4 Å². The number of methoxy groups -OCH3 is 3. The highest BCUT2D eigenvalue weighted by Crippen LogP contribution is 2.40. The van der Waals surface area contributed by atoms with Gasteiger partial charge >= 0.3 is 0 Å². The van der Waals surface area contributed by atoms with E-state index in [1.54, 1.807) is 56.8 Å². The summed E-state index contributed by atoms with van der Waals surface area (Å²) in [7, 11) is 4.63. The van der Waals surface area contributed by atoms with Crippen molar-refractivity contribution in [2.24, 2.45) is 5.10 Å². The Balaban J connectivity index is 2.06. The van der Waals surface area contributed by atoms with Crippen LogP contribution in [0.5, 0.6) is 23.0 Å². The molecule has 3 rings (SSSR count). The lowest BCUT2D eigenvalue weighted by Gasteiger charge is -2.13. The van der Waals surface area contributed by atoms with Crippen LogP contribution >= 0.6 is 12.2 Å². The van der Waals surface area contributed by atoms with Gasteiger partial charge in [0.1, 0.15) is 5.75 Å². The number of ether oxygens (including phenoxy) is 3. The van der Waals surface area contributed by atoms with Crippen LogP contribution in [0.15, 0.2) is 41.5 Å². The number of hydrogen-bond acceptors (Lipinski definition) is 7. The maximum absolute atomic E-state index is 9.37. The lowest BCUT2D eigenvalue weighted by molar-refractivity contribution is 0.324. The van der Waals surface area contributed by atoms with Crippen LogP contribution in [0.4, 0.5) is 0 Å². The van der Waals surface area contributed by atoms with Crippen molar-refractivity contribution in [2.45, 2.75) is 0 Å². The minimum atomic E-state index is 0.185. The van der Waals surface area contributed by atoms with Crippen molar-refractivity contribution in [1.29, 1.82) is 0 Å². The molecular weight excluding hydrogens is 368 g/mol. The predicted molar refractivity (Wildman–Crippen MR) is 104 cm³/mol. The first kappa shape index (κ1) is 18.5. The fourth-order valence-electron chi connectivity index (χ4n) is 2.48. The molecule has 0 atom stereocenters. The molecule has 1 heterocycles. The van der Waals surface area contributed by atoms with Gasteiger partial charge in [-0.2, -0.15) is 14.9 Å². The summed E-state index contributed by atoms with van der Waals surface area (Å²) in [6.07, 6.45) is 1.62. The maximum Gasteiger partial charge on any atom is 0.216 e. The molecule has 0 spiro atoms. The second kappa shape index (κ2) is 7.92. The van der Waals surface area contributed by atoms with Crippen molar-refractivity contribution in [3.8, 4) is 34.4 Å². The smallest absolute Gasteiger partial charge is 0.216 e. The van der Waals surface area contributed by atoms with Crippen molar-refractivity contribution < 1.29 is 19.3 Å². The molecule has 0 aliphatic carbocycles. The van der Waals surface area contributed by atoms with Gasteiger partial charge in [-0.3, -0.25) is 0 Å². The van der Waals surface area contributed by atoms with Gasteiger partial charge in [-0.1, -0.05) is 0 Å². The molecule has 0 amide bonds. The molecule has 1 aromatic heterocycles. The number of rotatable bonds is 6. The third-order valence-electron chi connectivity index (χ3n) is 3.79. The number of H-pyrrole nitrogens is 1. The number of hydrogen-bond donors (Lipinski definition) is 2. The van der Waals surface area contributed by atoms with Crippen molar-refractivity contribution in [1.82, 2.24) is 14.9 Å². The Kier molecular flexibility index (Phi) is 5.41. The topological polar surface area (TPSA) is 93.9 Å². The molecule has 0 radical (unpaired) electrons. The zero-order chi connectivity index (χ0) is 19.4. The fraction of sp³-hybridized carbons (Fsp3) is 0.167. The maximum atomic E-state index is 9.37. The van der Waals surface area contributed by atoms with Crippen molar-refractivity contribution in [3.05, 3.63) is 46.7 Å². The number of phenolic OH excluding ortho intramolecular Hbond substituents is 1. The summed E-state index contributed by atoms with van der Waals surface area (Å²) in [6.45, 7) is 0. The van der Waals surface area contributed by atoms with Gasteiger partial charge in [0.25, 0.3) is 0 Å². The molecule has 0 bridgehead atoms. The van der Waals surface area contributed by atoms with Gasteiger partial charge in [-0.25, -0.2) is 5.10 Å². The molecular formula is C18H18N4O4S. The van der Waals surface area contributed by atoms with E-state index in [4.69, 9.17) is 26.4 Å². The summed E-state index contributed by atoms with van der Waals surface area (Å²) in [6, 6.07) is 10.2. The average molecular weight is 386 g/mol. The van der Waals surface area contributed by atoms with E-state index in [9.17, 15) is 5.11 Å². The first-order valence-electron chi connectivity index (χ1n) is 7.88. The Hall–Kier alpha value is -3.33. The second-order valence-electron chi connectivity index (χ2n) is 5.41. The lowest BCUT2D eigenvalue weighted by atomic mass is 10.1. The number of aromatic amines is 1. The van der Waals surface area contributed by atoms with E-state index in [1.165, 1.54) is 11.8 Å². The van der Waals surface area contributed by atoms with Gasteiger partial charge in [-0.05, 0) is 54.2 Å². The number of nitrogens with one attached hydrogen (secondary N) is 1. The molecule has 0 saturated carbocycles. The van der Waals surface area contributed by atoms with E-state index in [0.717, 1.165) is 5.56 Å². The van der Waals surface area contributed by atoms with E-state index in [-0.39, 0.29) is 5.75 Å². The van der Waals surface area contributed by atoms with Gasteiger partial charge in [0.15, 0.2) is 17.3 Å². The van der Waals surface area contributed by atoms with Crippen LogP contribution in [0, 0.1) is 4.77 Å². The summed E-state index contributed by atoms with van der Waals surface area (Å²) < 4.78 is 17.9. The van der Waals surface area contributed by atoms with Gasteiger partial charge < -0.3 is 19.3 Å². The van der Waals surface area contributed by atoms with Crippen LogP contribution in [0.1, 0.15) is 5.56 Å². The Morgan fingerprint density at radius 2 is 1.70 bits per heavy atom. The molecule has 0 aliphatic rings. The fourth-order valence-corrected chi connectivity index (χ4v) is 2.66. The highest BCUT2D eigenvalue weighted by atomic mass is 32.1. The Labute approximate surface area is 160 Å². The van der Waals surface area contributed by atoms with Crippen molar-refractivity contribution in [2.75, 3.05) is 21.3 Å². The van der Waals surface area contributed by atoms with E-state index in [0.29, 0.717) is 33.4 Å². The SMILES string of the molecule is COc1cc(-c2n[nH]c(=S)n2/N=C/c2ccc(O)cc2)cc(OC)c1OC. The van der Waals surface area contributed by atoms with E-state index in [1.807, 2.05) is 0 Å². The van der Waals surface area contributed by atoms with Crippen LogP contribution in [-0.4, -0.2) is 47.5 Å². The average Bonchev–Trinajstić information content (AvgIpc) is 3.06. The molecule has 8 nitrogen and oxygen atoms in total. The third-order valence-corrected chi connectivity index (χ3v) is 4.05. The summed E-state index contributed by atoms with van der Waals surface area (Å²) in [5.41, 5.74) is 1.48. The molecule has 140 valence electrons. The molecule has 2 aromatic carbocycles. The van der Waals surface area contributed by atoms with Gasteiger partial charge in [-0.15, -0.1) is 0 Å². The summed E-state index contributed by atoms with van der Waals surface area (Å²) >= 11 is 5.28. The second-order valence-corrected chi connectivity index (χ2v) is 5.80. The number of benzene rings is 2. The summed E-state index contributed by atoms with van der Waals surface area (Å²) in [5, 5.41) is 20.8. The Morgan fingerprint density at radius 3 is 2.26 bits per heavy atom. The van der Waals surface area contributed by atoms with E-state index < -0.39 is 0 Å². The molecule has 0 fully saturated rings. The van der Waals surface area contributed by atoms with Gasteiger partial charge in [0.05, 0.1) is 27.5 Å². The predicted octanol–water partition coefficient (Wildman–Crippen LogP) is 3.22. The number of aromatic nitrogens is 3. The van der Waals surface area contributed by atoms with E-state index in [2.05, 4.69) is 15.3 Å². The Bertz CT molecular complexity index is 1000. The first-order chi connectivity index (χ1) is 13.1. The summed E-state index contributed by atoms with van der Waals surface area (Å²) in [5.74, 6) is 2.14. The molecule has 0 saturated heterocycles. The standard InChI is InChI=1S/C18H18N4O4S/c1-24-14-8-12(9-15(25-2)16(14)26-3)17-20-21-18(27)22(17)19-10-11-4-6-13(23)7-5-11/h4-10,23H,1-3H3,(H,21,27)/b19-10+. The minimum Gasteiger partial charge on any atom is -0.508 e. The third kappa shape index (κ3) is 3.77. The van der Waals surface area contributed by atoms with E-state index >= 15 is 0 Å². The van der Waals surface area contributed by atoms with Crippen molar-refractivity contribution >= 4 is 18.4 Å². The molecule has 27 heavy (non-hydrogen) atoms. The van der Waals surface area contributed by atoms with Crippen LogP contribution in [0.2, 0.25) is 0 Å². The minimum absolute atomic E-state index is 0.185. The molecule has 3 aromatic rings. The van der Waals surface area contributed by atoms with Crippen LogP contribution < -0.4 is 14.2 Å². The number of aromatic hydroxyl groups is 1. The summed E-state index contributed by atoms with van der Waals surface area (Å²) in [4.78, 5) is 0. The first-order valence-corrected chi connectivity index (χ1v) is 8.29. The van der Waals surface area contributed by atoms with Crippen LogP contribution in [0.3, 0.4) is 0 Å². The number of phenols is 1. The largest absolute Gasteiger partial charge is 0.508 e. The molecule has 0 unspecified atom stereocenters. The molecule has 0 aliphatic heterocycles. The Morgan fingerprint density at radius 1 is 1.07 bits per heavy atom. The normalized spacial score (nSPS) is 10.9. The molecule has 2 N–H and O–H groups in total. The molecule has 9 heteroatoms. The monoisotopic (exact) mass is 386 g/mol. The lowest BCUT2D eigenvalue weighted by Crippen LogP contribution is -1.99. The highest BCUT2D eigenvalue weighted by molar-refractivity contribution is 7.71. The van der Waals surface area contributed by atoms with Crippen molar-refractivity contribution in [3.63, 3.8) is 0 Å². The van der Waals surface area contributed by atoms with Gasteiger partial charge in [0, 0.05) is 5.56 Å². The number of nitrogens with zero attached hydrogens (tertiary/aromatic N) is 3. The zero-order valence-corrected chi connectivity index (χ0v) is 15.8.